The lowest BCUT2D eigenvalue weighted by Gasteiger charge is -2.39. The Morgan fingerprint density at radius 1 is 0.500 bits per heavy atom. The van der Waals surface area contributed by atoms with Crippen molar-refractivity contribution in [1.82, 2.24) is 0 Å². The fraction of sp³-hybridized carbons (Fsp3) is 1.00. The lowest BCUT2D eigenvalue weighted by atomic mass is 9.97. The average Bonchev–Trinajstić information content (AvgIpc) is 2.26. The second kappa shape index (κ2) is 5.30. The van der Waals surface area contributed by atoms with Crippen LogP contribution in [0, 0.1) is 0 Å². The van der Waals surface area contributed by atoms with E-state index in [0.29, 0.717) is 0 Å². The molecule has 0 aromatic heterocycles. The Kier molecular flexibility index (Phi) is 5.07. The zero-order valence-corrected chi connectivity index (χ0v) is 9.77. The Labute approximate surface area is 112 Å². The zero-order valence-electron chi connectivity index (χ0n) is 9.77. The predicted octanol–water partition coefficient (Wildman–Crippen LogP) is 4.11. The molecule has 1 nitrogen and oxygen atoms in total. The van der Waals surface area contributed by atoms with Crippen molar-refractivity contribution in [1.29, 1.82) is 0 Å². The molecule has 0 saturated carbocycles. The van der Waals surface area contributed by atoms with Gasteiger partial charge in [-0.3, -0.25) is 0 Å². The van der Waals surface area contributed by atoms with E-state index in [1.807, 2.05) is 0 Å². The van der Waals surface area contributed by atoms with Crippen molar-refractivity contribution in [3.63, 3.8) is 0 Å². The first-order valence-electron chi connectivity index (χ1n) is 4.88. The monoisotopic (exact) mass is 368 g/mol. The quantitative estimate of drug-likeness (QED) is 0.700. The summed E-state index contributed by atoms with van der Waals surface area (Å²) in [5.41, 5.74) is 0. The standard InChI is InChI=1S/C8H5F13O/c9-3(10,1-2-22)4(11,12)5(13,14)6(15,16)7(17,18)8(19,20)21/h22H,1-2H2/i1+2,2+2. The molecule has 0 aliphatic carbocycles. The number of aliphatic hydroxyl groups excluding tert-OH is 1. The maximum absolute atomic E-state index is 12.8. The Balaban J connectivity index is 6.11. The first-order valence-corrected chi connectivity index (χ1v) is 4.88. The SMILES string of the molecule is O[14CH2][14CH2]C(F)(F)C(F)(F)C(F)(F)C(F)(F)C(F)(F)C(F)(F)F. The maximum Gasteiger partial charge on any atom is 0.460 e. The van der Waals surface area contributed by atoms with Gasteiger partial charge < -0.3 is 5.11 Å². The number of halogens is 13. The van der Waals surface area contributed by atoms with Crippen molar-refractivity contribution in [2.75, 3.05) is 6.61 Å². The van der Waals surface area contributed by atoms with E-state index in [1.165, 1.54) is 0 Å². The van der Waals surface area contributed by atoms with Gasteiger partial charge in [0.15, 0.2) is 0 Å². The van der Waals surface area contributed by atoms with Gasteiger partial charge >= 0.3 is 35.8 Å². The minimum absolute atomic E-state index is 1.96. The van der Waals surface area contributed by atoms with Crippen LogP contribution in [0.5, 0.6) is 0 Å². The smallest absolute Gasteiger partial charge is 0.396 e. The van der Waals surface area contributed by atoms with Crippen LogP contribution < -0.4 is 0 Å². The summed E-state index contributed by atoms with van der Waals surface area (Å²) in [6, 6.07) is 0. The third-order valence-electron chi connectivity index (χ3n) is 2.42. The average molecular weight is 368 g/mol. The van der Waals surface area contributed by atoms with Crippen molar-refractivity contribution >= 4 is 0 Å². The van der Waals surface area contributed by atoms with Gasteiger partial charge in [0, 0.05) is 13.0 Å². The number of hydrogen-bond donors (Lipinski definition) is 1. The molecule has 0 aromatic rings. The topological polar surface area (TPSA) is 20.2 Å². The fourth-order valence-electron chi connectivity index (χ4n) is 1.10. The summed E-state index contributed by atoms with van der Waals surface area (Å²) < 4.78 is 161. The highest BCUT2D eigenvalue weighted by Gasteiger charge is 2.90. The van der Waals surface area contributed by atoms with E-state index in [2.05, 4.69) is 0 Å². The summed E-state index contributed by atoms with van der Waals surface area (Å²) in [4.78, 5) is 0. The molecule has 0 aliphatic rings. The van der Waals surface area contributed by atoms with Gasteiger partial charge in [-0.2, -0.15) is 57.1 Å². The lowest BCUT2D eigenvalue weighted by molar-refractivity contribution is -0.440. The zero-order chi connectivity index (χ0) is 18.4. The Morgan fingerprint density at radius 3 is 1.09 bits per heavy atom. The lowest BCUT2D eigenvalue weighted by Crippen LogP contribution is -2.70. The summed E-state index contributed by atoms with van der Waals surface area (Å²) in [5.74, 6) is -36.9. The summed E-state index contributed by atoms with van der Waals surface area (Å²) in [7, 11) is 0. The van der Waals surface area contributed by atoms with Crippen LogP contribution in [-0.4, -0.2) is 47.5 Å². The molecule has 0 amide bonds. The molecule has 0 bridgehead atoms. The van der Waals surface area contributed by atoms with Crippen molar-refractivity contribution in [2.24, 2.45) is 0 Å². The Morgan fingerprint density at radius 2 is 0.818 bits per heavy atom. The molecule has 134 valence electrons. The van der Waals surface area contributed by atoms with Crippen LogP contribution in [0.2, 0.25) is 0 Å². The van der Waals surface area contributed by atoms with E-state index in [-0.39, 0.29) is 0 Å². The summed E-state index contributed by atoms with van der Waals surface area (Å²) >= 11 is 0. The summed E-state index contributed by atoms with van der Waals surface area (Å²) in [6.45, 7) is -1.96. The van der Waals surface area contributed by atoms with Gasteiger partial charge in [0.1, 0.15) is 0 Å². The molecule has 0 heterocycles. The van der Waals surface area contributed by atoms with E-state index in [4.69, 9.17) is 5.11 Å². The van der Waals surface area contributed by atoms with Crippen LogP contribution in [0.25, 0.3) is 0 Å². The number of hydrogen-bond acceptors (Lipinski definition) is 1. The summed E-state index contributed by atoms with van der Waals surface area (Å²) in [5, 5.41) is 7.95. The van der Waals surface area contributed by atoms with E-state index in [9.17, 15) is 57.1 Å². The van der Waals surface area contributed by atoms with Gasteiger partial charge in [0.05, 0.1) is 0 Å². The summed E-state index contributed by atoms with van der Waals surface area (Å²) in [6.07, 6.45) is -9.99. The molecule has 22 heavy (non-hydrogen) atoms. The maximum atomic E-state index is 12.8. The van der Waals surface area contributed by atoms with Crippen molar-refractivity contribution in [3.8, 4) is 0 Å². The van der Waals surface area contributed by atoms with Crippen LogP contribution in [0.3, 0.4) is 0 Å². The second-order valence-electron chi connectivity index (χ2n) is 3.97. The highest BCUT2D eigenvalue weighted by molar-refractivity contribution is 5.10. The molecule has 0 fully saturated rings. The molecule has 14 heteroatoms. The van der Waals surface area contributed by atoms with Crippen LogP contribution in [0.15, 0.2) is 0 Å². The number of aliphatic hydroxyl groups is 1. The van der Waals surface area contributed by atoms with Crippen molar-refractivity contribution < 1.29 is 62.2 Å². The molecule has 1 N–H and O–H groups in total. The molecule has 0 aromatic carbocycles. The first-order chi connectivity index (χ1) is 9.31. The largest absolute Gasteiger partial charge is 0.460 e. The Hall–Kier alpha value is -0.950. The minimum atomic E-state index is -7.89. The van der Waals surface area contributed by atoms with Crippen LogP contribution in [0.4, 0.5) is 57.1 Å². The van der Waals surface area contributed by atoms with Gasteiger partial charge in [-0.1, -0.05) is 0 Å². The number of rotatable bonds is 6. The Bertz CT molecular complexity index is 395. The molecule has 0 saturated heterocycles. The molecule has 0 spiro atoms. The van der Waals surface area contributed by atoms with Crippen molar-refractivity contribution in [2.45, 2.75) is 42.2 Å². The van der Waals surface area contributed by atoms with E-state index < -0.39 is 48.8 Å². The third kappa shape index (κ3) is 2.69. The minimum Gasteiger partial charge on any atom is -0.396 e. The number of alkyl halides is 13. The molecule has 0 unspecified atom stereocenters. The van der Waals surface area contributed by atoms with Gasteiger partial charge in [-0.25, -0.2) is 0 Å². The van der Waals surface area contributed by atoms with Gasteiger partial charge in [-0.15, -0.1) is 0 Å². The van der Waals surface area contributed by atoms with Crippen LogP contribution >= 0.6 is 0 Å². The second-order valence-corrected chi connectivity index (χ2v) is 3.97. The molecular weight excluding hydrogens is 363 g/mol. The molecular formula is C8H5F13O. The molecule has 0 aliphatic heterocycles. The van der Waals surface area contributed by atoms with Crippen LogP contribution in [0.1, 0.15) is 6.42 Å². The first kappa shape index (κ1) is 21.0. The van der Waals surface area contributed by atoms with Crippen molar-refractivity contribution in [3.05, 3.63) is 0 Å². The normalized spacial score (nSPS) is 16.1. The molecule has 0 rings (SSSR count). The van der Waals surface area contributed by atoms with E-state index >= 15 is 0 Å². The molecule has 0 radical (unpaired) electrons. The van der Waals surface area contributed by atoms with Gasteiger partial charge in [0.2, 0.25) is 0 Å². The highest BCUT2D eigenvalue weighted by atomic mass is 19.4. The van der Waals surface area contributed by atoms with Gasteiger partial charge in [0.25, 0.3) is 0 Å². The van der Waals surface area contributed by atoms with E-state index in [1.54, 1.807) is 0 Å². The fourth-order valence-corrected chi connectivity index (χ4v) is 1.10. The van der Waals surface area contributed by atoms with E-state index in [0.717, 1.165) is 0 Å². The highest BCUT2D eigenvalue weighted by Crippen LogP contribution is 2.60. The van der Waals surface area contributed by atoms with Gasteiger partial charge in [-0.05, 0) is 0 Å². The van der Waals surface area contributed by atoms with Crippen LogP contribution in [-0.2, 0) is 0 Å². The third-order valence-corrected chi connectivity index (χ3v) is 2.42. The molecule has 0 atom stereocenters. The predicted molar refractivity (Wildman–Crippen MR) is 42.5 cm³/mol.